The topological polar surface area (TPSA) is 67.9 Å². The number of methoxy groups -OCH3 is 1. The van der Waals surface area contributed by atoms with E-state index >= 15 is 0 Å². The normalized spacial score (nSPS) is 24.4. The molecular weight excluding hydrogens is 452 g/mol. The maximum Gasteiger partial charge on any atom is 0.316 e. The summed E-state index contributed by atoms with van der Waals surface area (Å²) in [6, 6.07) is 19.2. The van der Waals surface area contributed by atoms with Crippen LogP contribution in [0.15, 0.2) is 54.6 Å². The standard InChI is InChI=1S/C30H40N2O4/c1-23-28(33)14-13-27(35-2)12-7-17-31-30(22-36-29(23)34)15-18-32(19-16-30)21-24-8-6-11-26(20-24)25-9-4-3-5-10-25/h3-6,8-11,20,23,27,31H,7,12-19,21-22H2,1-2H3. The van der Waals surface area contributed by atoms with E-state index in [1.807, 2.05) is 6.07 Å². The van der Waals surface area contributed by atoms with Crippen LogP contribution in [0.3, 0.4) is 0 Å². The van der Waals surface area contributed by atoms with Gasteiger partial charge in [0.1, 0.15) is 18.3 Å². The monoisotopic (exact) mass is 492 g/mol. The summed E-state index contributed by atoms with van der Waals surface area (Å²) in [4.78, 5) is 27.6. The van der Waals surface area contributed by atoms with Gasteiger partial charge in [0.15, 0.2) is 0 Å². The lowest BCUT2D eigenvalue weighted by atomic mass is 9.87. The molecule has 0 amide bonds. The van der Waals surface area contributed by atoms with Crippen LogP contribution in [0.1, 0.15) is 51.0 Å². The minimum Gasteiger partial charge on any atom is -0.463 e. The Morgan fingerprint density at radius 1 is 1.03 bits per heavy atom. The summed E-state index contributed by atoms with van der Waals surface area (Å²) in [6.45, 7) is 5.58. The number of piperidine rings is 1. The molecule has 2 aromatic carbocycles. The fourth-order valence-corrected chi connectivity index (χ4v) is 5.30. The van der Waals surface area contributed by atoms with Crippen molar-refractivity contribution in [1.82, 2.24) is 10.2 Å². The molecule has 2 atom stereocenters. The third-order valence-electron chi connectivity index (χ3n) is 7.83. The molecule has 194 valence electrons. The van der Waals surface area contributed by atoms with Gasteiger partial charge in [-0.05, 0) is 68.3 Å². The minimum absolute atomic E-state index is 0.0455. The van der Waals surface area contributed by atoms with Gasteiger partial charge in [0.05, 0.1) is 11.6 Å². The van der Waals surface area contributed by atoms with Crippen LogP contribution in [0.2, 0.25) is 0 Å². The average Bonchev–Trinajstić information content (AvgIpc) is 2.93. The summed E-state index contributed by atoms with van der Waals surface area (Å²) in [5.41, 5.74) is 3.52. The maximum absolute atomic E-state index is 12.6. The van der Waals surface area contributed by atoms with Gasteiger partial charge in [-0.3, -0.25) is 14.5 Å². The van der Waals surface area contributed by atoms with E-state index in [0.717, 1.165) is 51.9 Å². The third-order valence-corrected chi connectivity index (χ3v) is 7.83. The highest BCUT2D eigenvalue weighted by molar-refractivity contribution is 5.98. The zero-order chi connectivity index (χ0) is 25.4. The fourth-order valence-electron chi connectivity index (χ4n) is 5.30. The summed E-state index contributed by atoms with van der Waals surface area (Å²) in [5, 5.41) is 3.74. The number of hydrogen-bond acceptors (Lipinski definition) is 6. The molecule has 2 fully saturated rings. The number of nitrogens with one attached hydrogen (secondary N) is 1. The lowest BCUT2D eigenvalue weighted by Gasteiger charge is -2.42. The van der Waals surface area contributed by atoms with Gasteiger partial charge < -0.3 is 14.8 Å². The van der Waals surface area contributed by atoms with Gasteiger partial charge in [-0.2, -0.15) is 0 Å². The molecule has 0 bridgehead atoms. The molecule has 4 rings (SSSR count). The Kier molecular flexibility index (Phi) is 9.30. The highest BCUT2D eigenvalue weighted by Gasteiger charge is 2.36. The molecule has 2 aromatic rings. The summed E-state index contributed by atoms with van der Waals surface area (Å²) < 4.78 is 11.3. The van der Waals surface area contributed by atoms with E-state index in [1.54, 1.807) is 14.0 Å². The summed E-state index contributed by atoms with van der Waals surface area (Å²) in [5.74, 6) is -1.19. The highest BCUT2D eigenvalue weighted by atomic mass is 16.5. The Hall–Kier alpha value is -2.54. The molecule has 1 N–H and O–H groups in total. The van der Waals surface area contributed by atoms with Crippen molar-refractivity contribution in [3.05, 3.63) is 60.2 Å². The number of esters is 1. The van der Waals surface area contributed by atoms with Crippen molar-refractivity contribution < 1.29 is 19.1 Å². The number of Topliss-reactive ketones (excluding diaryl/α,β-unsaturated/α-hetero) is 1. The van der Waals surface area contributed by atoms with Gasteiger partial charge >= 0.3 is 5.97 Å². The maximum atomic E-state index is 12.6. The Labute approximate surface area is 215 Å². The lowest BCUT2D eigenvalue weighted by molar-refractivity contribution is -0.154. The second-order valence-corrected chi connectivity index (χ2v) is 10.4. The predicted molar refractivity (Wildman–Crippen MR) is 142 cm³/mol. The van der Waals surface area contributed by atoms with Crippen molar-refractivity contribution >= 4 is 11.8 Å². The SMILES string of the molecule is COC1CCCNC2(CCN(Cc3cccc(-c4ccccc4)c3)CC2)COC(=O)C(C)C(=O)CC1. The number of hydrogen-bond donors (Lipinski definition) is 1. The largest absolute Gasteiger partial charge is 0.463 e. The van der Waals surface area contributed by atoms with Gasteiger partial charge in [-0.1, -0.05) is 48.5 Å². The Morgan fingerprint density at radius 3 is 2.53 bits per heavy atom. The third kappa shape index (κ3) is 7.02. The molecule has 2 unspecified atom stereocenters. The van der Waals surface area contributed by atoms with Crippen LogP contribution in [-0.4, -0.2) is 61.6 Å². The summed E-state index contributed by atoms with van der Waals surface area (Å²) >= 11 is 0. The minimum atomic E-state index is -0.725. The van der Waals surface area contributed by atoms with Crippen molar-refractivity contribution in [2.75, 3.05) is 33.4 Å². The van der Waals surface area contributed by atoms with E-state index < -0.39 is 11.9 Å². The first-order chi connectivity index (χ1) is 17.5. The van der Waals surface area contributed by atoms with E-state index in [0.29, 0.717) is 19.4 Å². The quantitative estimate of drug-likeness (QED) is 0.496. The zero-order valence-electron chi connectivity index (χ0n) is 21.7. The number of nitrogens with zero attached hydrogens (tertiary/aromatic N) is 1. The van der Waals surface area contributed by atoms with Crippen molar-refractivity contribution in [3.8, 4) is 11.1 Å². The second-order valence-electron chi connectivity index (χ2n) is 10.4. The first-order valence-electron chi connectivity index (χ1n) is 13.3. The van der Waals surface area contributed by atoms with Crippen molar-refractivity contribution in [2.45, 2.75) is 63.6 Å². The number of likely N-dealkylation sites (tertiary alicyclic amines) is 1. The molecule has 0 saturated carbocycles. The number of cyclic esters (lactones) is 1. The number of carbonyl (C=O) groups excluding carboxylic acids is 2. The highest BCUT2D eigenvalue weighted by Crippen LogP contribution is 2.27. The van der Waals surface area contributed by atoms with E-state index in [2.05, 4.69) is 58.7 Å². The summed E-state index contributed by atoms with van der Waals surface area (Å²) in [7, 11) is 1.70. The number of carbonyl (C=O) groups is 2. The molecule has 36 heavy (non-hydrogen) atoms. The second kappa shape index (κ2) is 12.6. The van der Waals surface area contributed by atoms with Gasteiger partial charge in [0.2, 0.25) is 0 Å². The molecule has 0 aromatic heterocycles. The number of ether oxygens (including phenoxy) is 2. The molecule has 2 aliphatic heterocycles. The van der Waals surface area contributed by atoms with Gasteiger partial charge in [-0.25, -0.2) is 0 Å². The van der Waals surface area contributed by atoms with Crippen LogP contribution >= 0.6 is 0 Å². The molecule has 2 saturated heterocycles. The van der Waals surface area contributed by atoms with Crippen LogP contribution in [0.25, 0.3) is 11.1 Å². The molecule has 2 aliphatic rings. The van der Waals surface area contributed by atoms with Crippen LogP contribution < -0.4 is 5.32 Å². The van der Waals surface area contributed by atoms with E-state index in [1.165, 1.54) is 16.7 Å². The average molecular weight is 493 g/mol. The smallest absolute Gasteiger partial charge is 0.316 e. The fraction of sp³-hybridized carbons (Fsp3) is 0.533. The molecule has 6 nitrogen and oxygen atoms in total. The van der Waals surface area contributed by atoms with Gasteiger partial charge in [0.25, 0.3) is 0 Å². The first-order valence-corrected chi connectivity index (χ1v) is 13.3. The van der Waals surface area contributed by atoms with Crippen molar-refractivity contribution in [1.29, 1.82) is 0 Å². The van der Waals surface area contributed by atoms with Crippen LogP contribution in [0, 0.1) is 5.92 Å². The Bertz CT molecular complexity index is 1000. The number of ketones is 1. The van der Waals surface area contributed by atoms with Gasteiger partial charge in [0, 0.05) is 33.2 Å². The van der Waals surface area contributed by atoms with E-state index in [4.69, 9.17) is 9.47 Å². The van der Waals surface area contributed by atoms with Crippen LogP contribution in [0.5, 0.6) is 0 Å². The van der Waals surface area contributed by atoms with E-state index in [9.17, 15) is 9.59 Å². The van der Waals surface area contributed by atoms with E-state index in [-0.39, 0.29) is 17.4 Å². The predicted octanol–water partition coefficient (Wildman–Crippen LogP) is 4.62. The molecule has 0 aliphatic carbocycles. The molecule has 1 spiro atoms. The van der Waals surface area contributed by atoms with Crippen LogP contribution in [0.4, 0.5) is 0 Å². The Morgan fingerprint density at radius 2 is 1.78 bits per heavy atom. The number of rotatable bonds is 4. The van der Waals surface area contributed by atoms with Crippen molar-refractivity contribution in [3.63, 3.8) is 0 Å². The molecule has 6 heteroatoms. The number of benzene rings is 2. The van der Waals surface area contributed by atoms with Gasteiger partial charge in [-0.15, -0.1) is 0 Å². The molecule has 2 heterocycles. The molecule has 0 radical (unpaired) electrons. The Balaban J connectivity index is 1.38. The van der Waals surface area contributed by atoms with Crippen LogP contribution in [-0.2, 0) is 25.6 Å². The lowest BCUT2D eigenvalue weighted by Crippen LogP contribution is -2.56. The van der Waals surface area contributed by atoms with Crippen molar-refractivity contribution in [2.24, 2.45) is 5.92 Å². The summed E-state index contributed by atoms with van der Waals surface area (Å²) in [6.07, 6.45) is 4.72. The first kappa shape index (κ1) is 26.5. The molecular formula is C30H40N2O4. The zero-order valence-corrected chi connectivity index (χ0v) is 21.7.